The van der Waals surface area contributed by atoms with E-state index in [0.29, 0.717) is 0 Å². The zero-order valence-electron chi connectivity index (χ0n) is 7.14. The summed E-state index contributed by atoms with van der Waals surface area (Å²) in [5.74, 6) is 0. The Bertz CT molecular complexity index is 361. The molecule has 0 amide bonds. The van der Waals surface area contributed by atoms with Crippen molar-refractivity contribution in [1.82, 2.24) is 3.82 Å². The van der Waals surface area contributed by atoms with E-state index in [1.54, 1.807) is 0 Å². The van der Waals surface area contributed by atoms with Crippen molar-refractivity contribution in [1.29, 1.82) is 0 Å². The minimum absolute atomic E-state index is 0.330. The van der Waals surface area contributed by atoms with Gasteiger partial charge in [0.2, 0.25) is 10.0 Å². The van der Waals surface area contributed by atoms with Gasteiger partial charge in [-0.1, -0.05) is 0 Å². The average molecular weight is 281 g/mol. The van der Waals surface area contributed by atoms with Gasteiger partial charge in [0, 0.05) is 5.41 Å². The Morgan fingerprint density at radius 1 is 1.73 bits per heavy atom. The lowest BCUT2D eigenvalue weighted by Gasteiger charge is -2.18. The molecular formula is C5H7ClF2N2O3S2. The van der Waals surface area contributed by atoms with Gasteiger partial charge >= 0.3 is 0 Å². The smallest absolute Gasteiger partial charge is 0.261 e. The number of sulfonamides is 1. The lowest BCUT2D eigenvalue weighted by atomic mass is 10.5. The van der Waals surface area contributed by atoms with Crippen molar-refractivity contribution in [2.45, 2.75) is 12.7 Å². The number of nitrogens with zero attached hydrogens (tertiary/aromatic N) is 1. The van der Waals surface area contributed by atoms with Gasteiger partial charge in [-0.3, -0.25) is 0 Å². The Morgan fingerprint density at radius 2 is 2.33 bits per heavy atom. The van der Waals surface area contributed by atoms with Crippen molar-refractivity contribution in [3.63, 3.8) is 0 Å². The second-order valence-electron chi connectivity index (χ2n) is 2.52. The van der Waals surface area contributed by atoms with Crippen LogP contribution >= 0.6 is 23.7 Å². The van der Waals surface area contributed by atoms with Crippen LogP contribution in [0.1, 0.15) is 0 Å². The molecule has 0 aliphatic carbocycles. The maximum Gasteiger partial charge on any atom is 0.261 e. The monoisotopic (exact) mass is 280 g/mol. The quantitative estimate of drug-likeness (QED) is 0.610. The van der Waals surface area contributed by atoms with Gasteiger partial charge in [-0.25, -0.2) is 22.3 Å². The molecule has 0 aromatic carbocycles. The van der Waals surface area contributed by atoms with Gasteiger partial charge in [-0.15, -0.1) is 3.82 Å². The zero-order valence-corrected chi connectivity index (χ0v) is 9.53. The van der Waals surface area contributed by atoms with E-state index >= 15 is 0 Å². The summed E-state index contributed by atoms with van der Waals surface area (Å²) in [6, 6.07) is 0. The third kappa shape index (κ3) is 3.54. The summed E-state index contributed by atoms with van der Waals surface area (Å²) in [5.41, 5.74) is 0. The van der Waals surface area contributed by atoms with Crippen LogP contribution in [0.15, 0.2) is 10.3 Å². The first kappa shape index (κ1) is 13.1. The molecule has 5 nitrogen and oxygen atoms in total. The Balaban J connectivity index is 2.72. The standard InChI is InChI=1S/C5H7ClF2N2O3S2/c6-10-5(13-1-4(7)8)3(2-14-10)15(9,11)12/h2,4-5H,1H2,(H2,9,11,12). The Hall–Kier alpha value is 0.0700. The predicted molar refractivity (Wildman–Crippen MR) is 52.2 cm³/mol. The van der Waals surface area contributed by atoms with Gasteiger partial charge in [-0.2, -0.15) is 0 Å². The predicted octanol–water partition coefficient (Wildman–Crippen LogP) is 0.842. The largest absolute Gasteiger partial charge is 0.350 e. The average Bonchev–Trinajstić information content (AvgIpc) is 2.42. The molecule has 0 aromatic rings. The summed E-state index contributed by atoms with van der Waals surface area (Å²) in [5, 5.41) is 5.97. The lowest BCUT2D eigenvalue weighted by Crippen LogP contribution is -2.31. The zero-order chi connectivity index (χ0) is 11.6. The van der Waals surface area contributed by atoms with E-state index < -0.39 is 29.3 Å². The molecule has 15 heavy (non-hydrogen) atoms. The number of hydrogen-bond donors (Lipinski definition) is 1. The fourth-order valence-corrected chi connectivity index (χ4v) is 2.96. The number of alkyl halides is 2. The van der Waals surface area contributed by atoms with E-state index in [9.17, 15) is 17.2 Å². The maximum atomic E-state index is 11.8. The van der Waals surface area contributed by atoms with Crippen LogP contribution in [0.25, 0.3) is 0 Å². The molecule has 0 saturated heterocycles. The molecule has 1 aliphatic heterocycles. The van der Waals surface area contributed by atoms with Crippen LogP contribution in [-0.2, 0) is 14.8 Å². The number of halogens is 3. The van der Waals surface area contributed by atoms with E-state index in [1.165, 1.54) is 0 Å². The summed E-state index contributed by atoms with van der Waals surface area (Å²) >= 11 is 6.32. The topological polar surface area (TPSA) is 72.6 Å². The van der Waals surface area contributed by atoms with Crippen molar-refractivity contribution in [3.05, 3.63) is 10.3 Å². The number of rotatable bonds is 4. The summed E-state index contributed by atoms with van der Waals surface area (Å²) in [4.78, 5) is -0.330. The summed E-state index contributed by atoms with van der Waals surface area (Å²) in [6.07, 6.45) is -3.98. The van der Waals surface area contributed by atoms with Gasteiger partial charge in [0.1, 0.15) is 11.5 Å². The molecule has 1 rings (SSSR count). The molecule has 1 heterocycles. The first-order valence-electron chi connectivity index (χ1n) is 3.57. The van der Waals surface area contributed by atoms with Gasteiger partial charge in [0.05, 0.1) is 0 Å². The molecule has 0 radical (unpaired) electrons. The molecular weight excluding hydrogens is 274 g/mol. The first-order valence-corrected chi connectivity index (χ1v) is 6.29. The highest BCUT2D eigenvalue weighted by Crippen LogP contribution is 2.35. The molecule has 2 N–H and O–H groups in total. The van der Waals surface area contributed by atoms with Crippen LogP contribution < -0.4 is 5.14 Å². The minimum atomic E-state index is -3.99. The van der Waals surface area contributed by atoms with E-state index in [1.807, 2.05) is 0 Å². The molecule has 0 fully saturated rings. The molecule has 0 bridgehead atoms. The van der Waals surface area contributed by atoms with Crippen molar-refractivity contribution in [3.8, 4) is 0 Å². The van der Waals surface area contributed by atoms with Gasteiger partial charge in [-0.05, 0) is 23.7 Å². The second kappa shape index (κ2) is 4.93. The van der Waals surface area contributed by atoms with Crippen LogP contribution in [0.5, 0.6) is 0 Å². The fourth-order valence-electron chi connectivity index (χ4n) is 0.828. The third-order valence-corrected chi connectivity index (χ3v) is 3.70. The normalized spacial score (nSPS) is 23.5. The second-order valence-corrected chi connectivity index (χ2v) is 5.49. The van der Waals surface area contributed by atoms with Crippen molar-refractivity contribution in [2.24, 2.45) is 5.14 Å². The van der Waals surface area contributed by atoms with E-state index in [4.69, 9.17) is 16.9 Å². The highest BCUT2D eigenvalue weighted by molar-refractivity contribution is 8.02. The van der Waals surface area contributed by atoms with Crippen LogP contribution in [0, 0.1) is 0 Å². The molecule has 10 heteroatoms. The van der Waals surface area contributed by atoms with Crippen LogP contribution in [0.3, 0.4) is 0 Å². The molecule has 1 unspecified atom stereocenters. The van der Waals surface area contributed by atoms with E-state index in [0.717, 1.165) is 21.2 Å². The Kier molecular flexibility index (Phi) is 4.32. The number of hydrogen-bond acceptors (Lipinski definition) is 5. The first-order chi connectivity index (χ1) is 6.82. The van der Waals surface area contributed by atoms with Gasteiger partial charge < -0.3 is 4.74 Å². The summed E-state index contributed by atoms with van der Waals surface area (Å²) < 4.78 is 51.1. The minimum Gasteiger partial charge on any atom is -0.350 e. The number of nitrogens with two attached hydrogens (primary N) is 1. The van der Waals surface area contributed by atoms with Crippen LogP contribution in [-0.4, -0.2) is 31.5 Å². The highest BCUT2D eigenvalue weighted by Gasteiger charge is 2.35. The van der Waals surface area contributed by atoms with Crippen LogP contribution in [0.4, 0.5) is 8.78 Å². The molecule has 88 valence electrons. The number of ether oxygens (including phenoxy) is 1. The van der Waals surface area contributed by atoms with E-state index in [-0.39, 0.29) is 4.91 Å². The van der Waals surface area contributed by atoms with Crippen molar-refractivity contribution < 1.29 is 21.9 Å². The fraction of sp³-hybridized carbons (Fsp3) is 0.600. The molecule has 0 spiro atoms. The van der Waals surface area contributed by atoms with Gasteiger partial charge in [0.25, 0.3) is 6.43 Å². The third-order valence-electron chi connectivity index (χ3n) is 1.41. The Morgan fingerprint density at radius 3 is 2.80 bits per heavy atom. The Labute approximate surface area is 94.5 Å². The van der Waals surface area contributed by atoms with Crippen molar-refractivity contribution >= 4 is 33.7 Å². The molecule has 0 aromatic heterocycles. The molecule has 1 atom stereocenters. The highest BCUT2D eigenvalue weighted by atomic mass is 35.5. The summed E-state index contributed by atoms with van der Waals surface area (Å²) in [6.45, 7) is -0.915. The lowest BCUT2D eigenvalue weighted by molar-refractivity contribution is -0.0268. The van der Waals surface area contributed by atoms with Gasteiger partial charge in [0.15, 0.2) is 6.23 Å². The maximum absolute atomic E-state index is 11.8. The van der Waals surface area contributed by atoms with E-state index in [2.05, 4.69) is 4.74 Å². The van der Waals surface area contributed by atoms with Crippen molar-refractivity contribution in [2.75, 3.05) is 6.61 Å². The van der Waals surface area contributed by atoms with Crippen LogP contribution in [0.2, 0.25) is 0 Å². The molecule has 1 aliphatic rings. The SMILES string of the molecule is NS(=O)(=O)C1=CSN(Cl)C1OCC(F)F. The molecule has 0 saturated carbocycles. The summed E-state index contributed by atoms with van der Waals surface area (Å²) in [7, 11) is -3.99. The number of primary sulfonamides is 1.